The smallest absolute Gasteiger partial charge is 0.245 e. The number of benzene rings is 2. The molecule has 0 bridgehead atoms. The molecule has 2 amide bonds. The number of piperidine rings is 1. The Morgan fingerprint density at radius 2 is 1.98 bits per heavy atom. The van der Waals surface area contributed by atoms with E-state index >= 15 is 0 Å². The van der Waals surface area contributed by atoms with Gasteiger partial charge in [0, 0.05) is 43.2 Å². The number of aromatic nitrogens is 1. The van der Waals surface area contributed by atoms with Crippen molar-refractivity contribution in [2.45, 2.75) is 50.6 Å². The molecule has 10 heteroatoms. The van der Waals surface area contributed by atoms with Gasteiger partial charge in [-0.05, 0) is 48.7 Å². The van der Waals surface area contributed by atoms with Crippen LogP contribution >= 0.6 is 0 Å². The molecule has 2 aliphatic rings. The highest BCUT2D eigenvalue weighted by molar-refractivity contribution is 5.91. The summed E-state index contributed by atoms with van der Waals surface area (Å²) in [5.74, 6) is -1.22. The van der Waals surface area contributed by atoms with Crippen LogP contribution in [-0.2, 0) is 25.6 Å². The number of hydrogen-bond donors (Lipinski definition) is 3. The number of carbonyl (C=O) groups is 2. The monoisotopic (exact) mass is 565 g/mol. The Labute approximate surface area is 240 Å². The number of ether oxygens (including phenoxy) is 2. The average Bonchev–Trinajstić information content (AvgIpc) is 3.41. The molecule has 2 fully saturated rings. The highest BCUT2D eigenvalue weighted by atomic mass is 19.1. The van der Waals surface area contributed by atoms with Gasteiger partial charge in [0.05, 0.1) is 31.7 Å². The predicted octanol–water partition coefficient (Wildman–Crippen LogP) is 2.97. The molecular weight excluding hydrogens is 525 g/mol. The normalized spacial score (nSPS) is 23.2. The summed E-state index contributed by atoms with van der Waals surface area (Å²) in [6.45, 7) is 4.88. The van der Waals surface area contributed by atoms with Gasteiger partial charge in [0.25, 0.3) is 0 Å². The number of likely N-dealkylation sites (tertiary alicyclic amines) is 1. The highest BCUT2D eigenvalue weighted by Crippen LogP contribution is 2.29. The summed E-state index contributed by atoms with van der Waals surface area (Å²) in [5, 5.41) is 4.14. The van der Waals surface area contributed by atoms with E-state index < -0.39 is 12.3 Å². The summed E-state index contributed by atoms with van der Waals surface area (Å²) < 4.78 is 25.0. The largest absolute Gasteiger partial charge is 0.361 e. The fourth-order valence-electron chi connectivity index (χ4n) is 5.84. The van der Waals surface area contributed by atoms with Crippen LogP contribution in [0, 0.1) is 11.7 Å². The Kier molecular flexibility index (Phi) is 9.34. The van der Waals surface area contributed by atoms with Gasteiger partial charge in [-0.1, -0.05) is 37.3 Å². The highest BCUT2D eigenvalue weighted by Gasteiger charge is 2.36. The number of aromatic amines is 1. The molecule has 3 aromatic rings. The summed E-state index contributed by atoms with van der Waals surface area (Å²) in [6, 6.07) is 13.5. The standard InChI is InChI=1S/C31H40FN5O4/c1-20(26-14-34-27-11-4-3-10-25(26)27)29(31(39)36(2)17-28-40-18-24(33)19-41-28)35-30(38)22-8-6-12-37(16-22)15-21-7-5-9-23(32)13-21/h3-5,7,9-11,13-14,20,22,24,28-29,34H,6,8,12,15-19,33H2,1-2H3,(H,35,38)/t20-,22?,24?,28?,29?/m0/s1. The van der Waals surface area contributed by atoms with Gasteiger partial charge in [-0.15, -0.1) is 0 Å². The number of amides is 2. The van der Waals surface area contributed by atoms with Gasteiger partial charge >= 0.3 is 0 Å². The Bertz CT molecular complexity index is 1340. The van der Waals surface area contributed by atoms with Crippen LogP contribution in [0.15, 0.2) is 54.7 Å². The van der Waals surface area contributed by atoms with Crippen LogP contribution in [-0.4, -0.2) is 84.9 Å². The first-order valence-electron chi connectivity index (χ1n) is 14.4. The van der Waals surface area contributed by atoms with Crippen molar-refractivity contribution < 1.29 is 23.5 Å². The van der Waals surface area contributed by atoms with Crippen LogP contribution in [0.5, 0.6) is 0 Å². The number of carbonyl (C=O) groups excluding carboxylic acids is 2. The maximum absolute atomic E-state index is 13.9. The fourth-order valence-corrected chi connectivity index (χ4v) is 5.84. The fraction of sp³-hybridized carbons (Fsp3) is 0.484. The molecule has 3 heterocycles. The molecule has 3 atom stereocenters. The van der Waals surface area contributed by atoms with Crippen LogP contribution in [0.4, 0.5) is 4.39 Å². The van der Waals surface area contributed by atoms with Crippen LogP contribution in [0.3, 0.4) is 0 Å². The summed E-state index contributed by atoms with van der Waals surface area (Å²) in [7, 11) is 1.70. The van der Waals surface area contributed by atoms with Crippen molar-refractivity contribution in [1.29, 1.82) is 0 Å². The van der Waals surface area contributed by atoms with Crippen LogP contribution < -0.4 is 11.1 Å². The number of rotatable bonds is 9. The molecule has 5 rings (SSSR count). The number of nitrogens with two attached hydrogens (primary N) is 1. The van der Waals surface area contributed by atoms with E-state index in [0.29, 0.717) is 26.3 Å². The van der Waals surface area contributed by atoms with E-state index in [9.17, 15) is 14.0 Å². The van der Waals surface area contributed by atoms with E-state index in [2.05, 4.69) is 15.2 Å². The number of hydrogen-bond acceptors (Lipinski definition) is 6. The molecule has 2 unspecified atom stereocenters. The van der Waals surface area contributed by atoms with Crippen LogP contribution in [0.2, 0.25) is 0 Å². The molecule has 2 saturated heterocycles. The molecule has 4 N–H and O–H groups in total. The maximum Gasteiger partial charge on any atom is 0.245 e. The van der Waals surface area contributed by atoms with Gasteiger partial charge in [-0.2, -0.15) is 0 Å². The Balaban J connectivity index is 1.31. The van der Waals surface area contributed by atoms with Crippen molar-refractivity contribution >= 4 is 22.7 Å². The zero-order valence-electron chi connectivity index (χ0n) is 23.7. The Hall–Kier alpha value is -3.31. The second kappa shape index (κ2) is 13.1. The van der Waals surface area contributed by atoms with E-state index in [1.54, 1.807) is 18.0 Å². The van der Waals surface area contributed by atoms with Crippen molar-refractivity contribution in [2.24, 2.45) is 11.7 Å². The minimum absolute atomic E-state index is 0.150. The number of nitrogens with one attached hydrogen (secondary N) is 2. The summed E-state index contributed by atoms with van der Waals surface area (Å²) in [6.07, 6.45) is 2.92. The van der Waals surface area contributed by atoms with Crippen LogP contribution in [0.25, 0.3) is 10.9 Å². The Morgan fingerprint density at radius 1 is 1.20 bits per heavy atom. The van der Waals surface area contributed by atoms with Gasteiger partial charge < -0.3 is 30.4 Å². The SMILES string of the molecule is C[C@@H](c1c[nH]c2ccccc12)C(NC(=O)C1CCCN(Cc2cccc(F)c2)C1)C(=O)N(C)CC1OCC(N)CO1. The van der Waals surface area contributed by atoms with Crippen LogP contribution in [0.1, 0.15) is 36.8 Å². The molecule has 0 aliphatic carbocycles. The number of H-pyrrole nitrogens is 1. The average molecular weight is 566 g/mol. The lowest BCUT2D eigenvalue weighted by molar-refractivity contribution is -0.193. The predicted molar refractivity (Wildman–Crippen MR) is 154 cm³/mol. The van der Waals surface area contributed by atoms with Gasteiger partial charge in [-0.25, -0.2) is 4.39 Å². The quantitative estimate of drug-likeness (QED) is 0.368. The van der Waals surface area contributed by atoms with E-state index in [4.69, 9.17) is 15.2 Å². The third kappa shape index (κ3) is 7.13. The molecule has 9 nitrogen and oxygen atoms in total. The van der Waals surface area contributed by atoms with Crippen molar-refractivity contribution in [3.8, 4) is 0 Å². The second-order valence-corrected chi connectivity index (χ2v) is 11.3. The van der Waals surface area contributed by atoms with Gasteiger partial charge in [-0.3, -0.25) is 14.5 Å². The number of nitrogens with zero attached hydrogens (tertiary/aromatic N) is 2. The van der Waals surface area contributed by atoms with Gasteiger partial charge in [0.15, 0.2) is 6.29 Å². The Morgan fingerprint density at radius 3 is 2.76 bits per heavy atom. The van der Waals surface area contributed by atoms with E-state index in [1.165, 1.54) is 12.1 Å². The lowest BCUT2D eigenvalue weighted by Crippen LogP contribution is -2.55. The molecule has 2 aliphatic heterocycles. The molecule has 0 spiro atoms. The van der Waals surface area contributed by atoms with E-state index in [-0.39, 0.29) is 42.1 Å². The van der Waals surface area contributed by atoms with Crippen molar-refractivity contribution in [2.75, 3.05) is 39.9 Å². The zero-order valence-corrected chi connectivity index (χ0v) is 23.7. The molecule has 0 radical (unpaired) electrons. The van der Waals surface area contributed by atoms with Crippen molar-refractivity contribution in [3.05, 3.63) is 71.7 Å². The second-order valence-electron chi connectivity index (χ2n) is 11.3. The molecule has 220 valence electrons. The zero-order chi connectivity index (χ0) is 28.9. The molecule has 0 saturated carbocycles. The van der Waals surface area contributed by atoms with E-state index in [1.807, 2.05) is 43.5 Å². The minimum Gasteiger partial charge on any atom is -0.361 e. The van der Waals surface area contributed by atoms with Gasteiger partial charge in [0.2, 0.25) is 11.8 Å². The first-order valence-corrected chi connectivity index (χ1v) is 14.4. The third-order valence-electron chi connectivity index (χ3n) is 8.14. The number of halogens is 1. The first kappa shape index (κ1) is 29.2. The molecular formula is C31H40FN5O4. The number of para-hydroxylation sites is 1. The minimum atomic E-state index is -0.795. The topological polar surface area (TPSA) is 113 Å². The lowest BCUT2D eigenvalue weighted by atomic mass is 9.90. The lowest BCUT2D eigenvalue weighted by Gasteiger charge is -2.35. The summed E-state index contributed by atoms with van der Waals surface area (Å²) in [5.41, 5.74) is 8.67. The van der Waals surface area contributed by atoms with Crippen molar-refractivity contribution in [3.63, 3.8) is 0 Å². The summed E-state index contributed by atoms with van der Waals surface area (Å²) >= 11 is 0. The number of fused-ring (bicyclic) bond motifs is 1. The van der Waals surface area contributed by atoms with Gasteiger partial charge in [0.1, 0.15) is 11.9 Å². The van der Waals surface area contributed by atoms with Crippen molar-refractivity contribution in [1.82, 2.24) is 20.1 Å². The maximum atomic E-state index is 13.9. The molecule has 1 aromatic heterocycles. The van der Waals surface area contributed by atoms with E-state index in [0.717, 1.165) is 41.4 Å². The molecule has 41 heavy (non-hydrogen) atoms. The first-order chi connectivity index (χ1) is 19.8. The third-order valence-corrected chi connectivity index (χ3v) is 8.14. The number of likely N-dealkylation sites (N-methyl/N-ethyl adjacent to an activating group) is 1. The summed E-state index contributed by atoms with van der Waals surface area (Å²) in [4.78, 5) is 34.7. The molecule has 2 aromatic carbocycles.